The van der Waals surface area contributed by atoms with Crippen molar-refractivity contribution >= 4 is 11.7 Å². The van der Waals surface area contributed by atoms with Crippen molar-refractivity contribution in [2.45, 2.75) is 20.3 Å². The van der Waals surface area contributed by atoms with Crippen molar-refractivity contribution in [2.75, 3.05) is 0 Å². The van der Waals surface area contributed by atoms with Crippen LogP contribution in [0.4, 0.5) is 0 Å². The Labute approximate surface area is 59.2 Å². The van der Waals surface area contributed by atoms with Crippen LogP contribution in [0.3, 0.4) is 0 Å². The van der Waals surface area contributed by atoms with Gasteiger partial charge in [-0.05, 0) is 6.42 Å². The summed E-state index contributed by atoms with van der Waals surface area (Å²) in [7, 11) is 0. The number of carboxylic acid groups (broad SMARTS) is 1. The number of nitrogens with zero attached hydrogens (tertiary/aromatic N) is 1. The summed E-state index contributed by atoms with van der Waals surface area (Å²) in [5.74, 6) is -1.35. The van der Waals surface area contributed by atoms with E-state index in [2.05, 4.69) is 5.16 Å². The number of carboxylic acids is 1. The van der Waals surface area contributed by atoms with Crippen LogP contribution in [0.5, 0.6) is 0 Å². The van der Waals surface area contributed by atoms with Crippen LogP contribution in [0.15, 0.2) is 5.16 Å². The third-order valence-electron chi connectivity index (χ3n) is 1.41. The molecule has 0 bridgehead atoms. The van der Waals surface area contributed by atoms with Crippen LogP contribution >= 0.6 is 0 Å². The predicted molar refractivity (Wildman–Crippen MR) is 36.3 cm³/mol. The van der Waals surface area contributed by atoms with E-state index in [4.69, 9.17) is 10.3 Å². The lowest BCUT2D eigenvalue weighted by atomic mass is 10.0. The standard InChI is InChI=1S/C6H11NO3/c1-3-4(2)5(7-10)6(8)9/h4,10H,3H2,1-2H3,(H,8,9). The number of aliphatic carboxylic acids is 1. The van der Waals surface area contributed by atoms with E-state index in [9.17, 15) is 4.79 Å². The van der Waals surface area contributed by atoms with Gasteiger partial charge in [0.05, 0.1) is 0 Å². The van der Waals surface area contributed by atoms with Crippen LogP contribution in [0.25, 0.3) is 0 Å². The Morgan fingerprint density at radius 1 is 1.70 bits per heavy atom. The highest BCUT2D eigenvalue weighted by molar-refractivity contribution is 6.36. The molecule has 0 aliphatic heterocycles. The predicted octanol–water partition coefficient (Wildman–Crippen LogP) is 0.947. The van der Waals surface area contributed by atoms with Crippen molar-refractivity contribution in [3.63, 3.8) is 0 Å². The molecule has 0 spiro atoms. The first-order chi connectivity index (χ1) is 4.63. The summed E-state index contributed by atoms with van der Waals surface area (Å²) in [6.07, 6.45) is 0.658. The van der Waals surface area contributed by atoms with Crippen molar-refractivity contribution in [1.29, 1.82) is 0 Å². The van der Waals surface area contributed by atoms with E-state index in [0.717, 1.165) is 0 Å². The number of rotatable bonds is 3. The molecule has 1 atom stereocenters. The molecule has 4 nitrogen and oxygen atoms in total. The van der Waals surface area contributed by atoms with E-state index in [0.29, 0.717) is 6.42 Å². The average Bonchev–Trinajstić information content (AvgIpc) is 1.88. The van der Waals surface area contributed by atoms with Gasteiger partial charge in [-0.15, -0.1) is 0 Å². The van der Waals surface area contributed by atoms with Crippen LogP contribution < -0.4 is 0 Å². The zero-order chi connectivity index (χ0) is 8.15. The molecule has 0 rings (SSSR count). The molecule has 0 heterocycles. The Balaban J connectivity index is 4.23. The highest BCUT2D eigenvalue weighted by Gasteiger charge is 2.16. The second-order valence-corrected chi connectivity index (χ2v) is 2.10. The van der Waals surface area contributed by atoms with E-state index in [1.54, 1.807) is 6.92 Å². The number of hydrogen-bond acceptors (Lipinski definition) is 3. The summed E-state index contributed by atoms with van der Waals surface area (Å²) in [6.45, 7) is 3.53. The molecule has 2 N–H and O–H groups in total. The van der Waals surface area contributed by atoms with Crippen LogP contribution in [0, 0.1) is 5.92 Å². The molecule has 0 amide bonds. The minimum absolute atomic E-state index is 0.178. The lowest BCUT2D eigenvalue weighted by molar-refractivity contribution is -0.129. The lowest BCUT2D eigenvalue weighted by Crippen LogP contribution is -2.20. The van der Waals surface area contributed by atoms with Crippen LogP contribution in [-0.2, 0) is 4.79 Å². The molecular weight excluding hydrogens is 134 g/mol. The molecule has 10 heavy (non-hydrogen) atoms. The van der Waals surface area contributed by atoms with Gasteiger partial charge < -0.3 is 10.3 Å². The SMILES string of the molecule is CCC(C)C(=NO)C(=O)O. The smallest absolute Gasteiger partial charge is 0.353 e. The van der Waals surface area contributed by atoms with Gasteiger partial charge in [-0.3, -0.25) is 0 Å². The molecule has 1 unspecified atom stereocenters. The van der Waals surface area contributed by atoms with E-state index in [1.165, 1.54) is 0 Å². The topological polar surface area (TPSA) is 69.9 Å². The Morgan fingerprint density at radius 3 is 2.30 bits per heavy atom. The van der Waals surface area contributed by atoms with Crippen molar-refractivity contribution in [3.05, 3.63) is 0 Å². The van der Waals surface area contributed by atoms with Crippen LogP contribution in [0.2, 0.25) is 0 Å². The second kappa shape index (κ2) is 3.87. The van der Waals surface area contributed by atoms with E-state index < -0.39 is 5.97 Å². The zero-order valence-electron chi connectivity index (χ0n) is 6.03. The fourth-order valence-electron chi connectivity index (χ4n) is 0.545. The Morgan fingerprint density at radius 2 is 2.20 bits per heavy atom. The van der Waals surface area contributed by atoms with Gasteiger partial charge in [-0.2, -0.15) is 0 Å². The fraction of sp³-hybridized carbons (Fsp3) is 0.667. The zero-order valence-corrected chi connectivity index (χ0v) is 6.03. The van der Waals surface area contributed by atoms with Crippen LogP contribution in [-0.4, -0.2) is 22.0 Å². The lowest BCUT2D eigenvalue weighted by Gasteiger charge is -2.04. The number of oxime groups is 1. The third kappa shape index (κ3) is 2.05. The van der Waals surface area contributed by atoms with Gasteiger partial charge >= 0.3 is 5.97 Å². The monoisotopic (exact) mass is 145 g/mol. The van der Waals surface area contributed by atoms with Gasteiger partial charge in [-0.25, -0.2) is 4.79 Å². The number of hydrogen-bond donors (Lipinski definition) is 2. The van der Waals surface area contributed by atoms with Gasteiger partial charge in [0, 0.05) is 5.92 Å². The molecule has 4 heteroatoms. The largest absolute Gasteiger partial charge is 0.477 e. The summed E-state index contributed by atoms with van der Waals surface area (Å²) >= 11 is 0. The molecule has 58 valence electrons. The average molecular weight is 145 g/mol. The van der Waals surface area contributed by atoms with Gasteiger partial charge in [0.1, 0.15) is 0 Å². The fourth-order valence-corrected chi connectivity index (χ4v) is 0.545. The summed E-state index contributed by atoms with van der Waals surface area (Å²) in [5, 5.41) is 19.3. The first-order valence-corrected chi connectivity index (χ1v) is 3.08. The molecular formula is C6H11NO3. The Hall–Kier alpha value is -1.06. The second-order valence-electron chi connectivity index (χ2n) is 2.10. The highest BCUT2D eigenvalue weighted by atomic mass is 16.4. The first-order valence-electron chi connectivity index (χ1n) is 3.08. The Bertz CT molecular complexity index is 153. The maximum atomic E-state index is 10.2. The van der Waals surface area contributed by atoms with Crippen molar-refractivity contribution < 1.29 is 15.1 Å². The van der Waals surface area contributed by atoms with Gasteiger partial charge in [0.25, 0.3) is 0 Å². The quantitative estimate of drug-likeness (QED) is 0.353. The molecule has 0 aromatic rings. The third-order valence-corrected chi connectivity index (χ3v) is 1.41. The number of carbonyl (C=O) groups is 1. The maximum Gasteiger partial charge on any atom is 0.353 e. The van der Waals surface area contributed by atoms with Crippen molar-refractivity contribution in [1.82, 2.24) is 0 Å². The van der Waals surface area contributed by atoms with Crippen LogP contribution in [0.1, 0.15) is 20.3 Å². The normalized spacial score (nSPS) is 14.8. The molecule has 0 aromatic carbocycles. The van der Waals surface area contributed by atoms with Gasteiger partial charge in [0.2, 0.25) is 0 Å². The molecule has 0 radical (unpaired) electrons. The molecule has 0 aliphatic carbocycles. The maximum absolute atomic E-state index is 10.2. The molecule has 0 saturated heterocycles. The summed E-state index contributed by atoms with van der Waals surface area (Å²) in [4.78, 5) is 10.2. The molecule has 0 aliphatic rings. The van der Waals surface area contributed by atoms with Crippen molar-refractivity contribution in [3.8, 4) is 0 Å². The summed E-state index contributed by atoms with van der Waals surface area (Å²) < 4.78 is 0. The van der Waals surface area contributed by atoms with E-state index in [-0.39, 0.29) is 11.6 Å². The van der Waals surface area contributed by atoms with E-state index in [1.807, 2.05) is 6.92 Å². The molecule has 0 fully saturated rings. The first kappa shape index (κ1) is 8.94. The summed E-state index contributed by atoms with van der Waals surface area (Å²) in [5.41, 5.74) is -0.178. The minimum Gasteiger partial charge on any atom is -0.477 e. The van der Waals surface area contributed by atoms with E-state index >= 15 is 0 Å². The van der Waals surface area contributed by atoms with Gasteiger partial charge in [0.15, 0.2) is 5.71 Å². The molecule has 0 saturated carbocycles. The van der Waals surface area contributed by atoms with Gasteiger partial charge in [-0.1, -0.05) is 19.0 Å². The van der Waals surface area contributed by atoms with Crippen molar-refractivity contribution in [2.24, 2.45) is 11.1 Å². The highest BCUT2D eigenvalue weighted by Crippen LogP contribution is 2.03. The molecule has 0 aromatic heterocycles. The minimum atomic E-state index is -1.16. The Kier molecular flexibility index (Phi) is 3.46. The summed E-state index contributed by atoms with van der Waals surface area (Å²) in [6, 6.07) is 0.